The molecule has 0 bridgehead atoms. The highest BCUT2D eigenvalue weighted by atomic mass is 16.5. The number of para-hydroxylation sites is 2. The summed E-state index contributed by atoms with van der Waals surface area (Å²) in [5.74, 6) is 0. The molecule has 6 nitrogen and oxygen atoms in total. The summed E-state index contributed by atoms with van der Waals surface area (Å²) in [7, 11) is 0. The number of carbonyl (C=O) groups is 1. The van der Waals surface area contributed by atoms with Crippen LogP contribution in [0.3, 0.4) is 0 Å². The van der Waals surface area contributed by atoms with E-state index in [0.717, 1.165) is 62.9 Å². The van der Waals surface area contributed by atoms with E-state index in [1.807, 2.05) is 53.4 Å². The molecule has 0 aromatic heterocycles. The minimum atomic E-state index is -0.0378. The van der Waals surface area contributed by atoms with Gasteiger partial charge in [-0.3, -0.25) is 9.80 Å². The lowest BCUT2D eigenvalue weighted by Crippen LogP contribution is -2.50. The van der Waals surface area contributed by atoms with Gasteiger partial charge < -0.3 is 15.0 Å². The third-order valence-electron chi connectivity index (χ3n) is 5.43. The topological polar surface area (TPSA) is 48.1 Å². The highest BCUT2D eigenvalue weighted by Crippen LogP contribution is 2.32. The number of rotatable bonds is 5. The van der Waals surface area contributed by atoms with Gasteiger partial charge in [0.05, 0.1) is 24.6 Å². The summed E-state index contributed by atoms with van der Waals surface area (Å²) >= 11 is 0. The first kappa shape index (κ1) is 18.8. The number of ether oxygens (including phenoxy) is 1. The van der Waals surface area contributed by atoms with E-state index in [1.54, 1.807) is 0 Å². The minimum Gasteiger partial charge on any atom is -0.379 e. The summed E-state index contributed by atoms with van der Waals surface area (Å²) in [5, 5.41) is 3.05. The van der Waals surface area contributed by atoms with Crippen molar-refractivity contribution in [3.63, 3.8) is 0 Å². The average Bonchev–Trinajstić information content (AvgIpc) is 2.77. The fraction of sp³-hybridized carbons (Fsp3) is 0.409. The number of benzene rings is 2. The van der Waals surface area contributed by atoms with E-state index in [0.29, 0.717) is 13.1 Å². The third-order valence-corrected chi connectivity index (χ3v) is 5.43. The van der Waals surface area contributed by atoms with Crippen LogP contribution in [-0.4, -0.2) is 63.4 Å². The quantitative estimate of drug-likeness (QED) is 0.866. The van der Waals surface area contributed by atoms with Crippen molar-refractivity contribution in [3.8, 4) is 0 Å². The van der Waals surface area contributed by atoms with Crippen molar-refractivity contribution in [2.45, 2.75) is 6.54 Å². The maximum atomic E-state index is 12.8. The summed E-state index contributed by atoms with van der Waals surface area (Å²) < 4.78 is 5.44. The number of anilines is 2. The fourth-order valence-electron chi connectivity index (χ4n) is 3.82. The van der Waals surface area contributed by atoms with Gasteiger partial charge in [-0.15, -0.1) is 0 Å². The molecule has 4 rings (SSSR count). The number of hydrogen-bond donors (Lipinski definition) is 1. The second-order valence-electron chi connectivity index (χ2n) is 7.23. The third kappa shape index (κ3) is 4.46. The molecule has 28 heavy (non-hydrogen) atoms. The largest absolute Gasteiger partial charge is 0.379 e. The summed E-state index contributed by atoms with van der Waals surface area (Å²) in [6, 6.07) is 18.2. The molecule has 1 N–H and O–H groups in total. The van der Waals surface area contributed by atoms with Crippen LogP contribution in [0.25, 0.3) is 0 Å². The Morgan fingerprint density at radius 3 is 2.36 bits per heavy atom. The molecule has 2 amide bonds. The number of morpholine rings is 1. The highest BCUT2D eigenvalue weighted by Gasteiger charge is 2.26. The lowest BCUT2D eigenvalue weighted by Gasteiger charge is -2.39. The Kier molecular flexibility index (Phi) is 6.09. The smallest absolute Gasteiger partial charge is 0.322 e. The molecule has 6 heteroatoms. The monoisotopic (exact) mass is 380 g/mol. The van der Waals surface area contributed by atoms with Crippen LogP contribution in [0.15, 0.2) is 54.6 Å². The van der Waals surface area contributed by atoms with Gasteiger partial charge in [-0.1, -0.05) is 42.5 Å². The molecular weight excluding hydrogens is 352 g/mol. The van der Waals surface area contributed by atoms with Gasteiger partial charge in [-0.05, 0) is 17.7 Å². The molecule has 0 unspecified atom stereocenters. The molecule has 0 aliphatic carbocycles. The molecule has 2 aromatic rings. The Balaban J connectivity index is 1.39. The molecule has 0 saturated carbocycles. The van der Waals surface area contributed by atoms with Crippen molar-refractivity contribution in [2.75, 3.05) is 62.3 Å². The van der Waals surface area contributed by atoms with E-state index in [2.05, 4.69) is 21.2 Å². The summed E-state index contributed by atoms with van der Waals surface area (Å²) in [5.41, 5.74) is 3.23. The maximum absolute atomic E-state index is 12.8. The van der Waals surface area contributed by atoms with Crippen LogP contribution < -0.4 is 15.1 Å². The maximum Gasteiger partial charge on any atom is 0.322 e. The number of nitrogens with one attached hydrogen (secondary N) is 1. The Hall–Kier alpha value is -2.57. The Morgan fingerprint density at radius 2 is 1.57 bits per heavy atom. The summed E-state index contributed by atoms with van der Waals surface area (Å²) in [4.78, 5) is 19.5. The van der Waals surface area contributed by atoms with E-state index in [9.17, 15) is 4.79 Å². The van der Waals surface area contributed by atoms with Crippen molar-refractivity contribution >= 4 is 17.4 Å². The zero-order chi connectivity index (χ0) is 19.2. The standard InChI is InChI=1S/C22H28N4O2/c27-22(23-18-19-6-2-1-3-7-19)26-13-12-25(20-8-4-5-9-21(20)26)11-10-24-14-16-28-17-15-24/h1-9H,10-18H2,(H,23,27). The number of urea groups is 1. The van der Waals surface area contributed by atoms with Gasteiger partial charge in [0.15, 0.2) is 0 Å². The Morgan fingerprint density at radius 1 is 0.857 bits per heavy atom. The second kappa shape index (κ2) is 9.08. The molecule has 2 aromatic carbocycles. The lowest BCUT2D eigenvalue weighted by atomic mass is 10.1. The number of hydrogen-bond acceptors (Lipinski definition) is 4. The van der Waals surface area contributed by atoms with E-state index < -0.39 is 0 Å². The van der Waals surface area contributed by atoms with E-state index in [-0.39, 0.29) is 6.03 Å². The van der Waals surface area contributed by atoms with Crippen molar-refractivity contribution in [1.29, 1.82) is 0 Å². The summed E-state index contributed by atoms with van der Waals surface area (Å²) in [6.07, 6.45) is 0. The number of fused-ring (bicyclic) bond motifs is 1. The molecule has 0 spiro atoms. The van der Waals surface area contributed by atoms with Crippen molar-refractivity contribution in [2.24, 2.45) is 0 Å². The lowest BCUT2D eigenvalue weighted by molar-refractivity contribution is 0.0391. The Bertz CT molecular complexity index is 777. The zero-order valence-electron chi connectivity index (χ0n) is 16.2. The molecule has 0 atom stereocenters. The molecule has 1 fully saturated rings. The SMILES string of the molecule is O=C(NCc1ccccc1)N1CCN(CCN2CCOCC2)c2ccccc21. The van der Waals surface area contributed by atoms with Gasteiger partial charge in [-0.25, -0.2) is 4.79 Å². The van der Waals surface area contributed by atoms with Gasteiger partial charge in [0.2, 0.25) is 0 Å². The highest BCUT2D eigenvalue weighted by molar-refractivity contribution is 5.96. The predicted octanol–water partition coefficient (Wildman–Crippen LogP) is 2.56. The van der Waals surface area contributed by atoms with Crippen LogP contribution >= 0.6 is 0 Å². The predicted molar refractivity (Wildman–Crippen MR) is 112 cm³/mol. The zero-order valence-corrected chi connectivity index (χ0v) is 16.2. The average molecular weight is 380 g/mol. The van der Waals surface area contributed by atoms with E-state index >= 15 is 0 Å². The second-order valence-corrected chi connectivity index (χ2v) is 7.23. The van der Waals surface area contributed by atoms with Crippen molar-refractivity contribution < 1.29 is 9.53 Å². The van der Waals surface area contributed by atoms with Crippen molar-refractivity contribution in [3.05, 3.63) is 60.2 Å². The van der Waals surface area contributed by atoms with E-state index in [1.165, 1.54) is 0 Å². The molecular formula is C22H28N4O2. The summed E-state index contributed by atoms with van der Waals surface area (Å²) in [6.45, 7) is 7.74. The van der Waals surface area contributed by atoms with Gasteiger partial charge in [0.25, 0.3) is 0 Å². The molecule has 148 valence electrons. The molecule has 2 heterocycles. The van der Waals surface area contributed by atoms with Gasteiger partial charge in [0.1, 0.15) is 0 Å². The minimum absolute atomic E-state index is 0.0378. The van der Waals surface area contributed by atoms with Crippen LogP contribution in [0.5, 0.6) is 0 Å². The van der Waals surface area contributed by atoms with Crippen LogP contribution in [0.2, 0.25) is 0 Å². The fourth-order valence-corrected chi connectivity index (χ4v) is 3.82. The van der Waals surface area contributed by atoms with Gasteiger partial charge in [-0.2, -0.15) is 0 Å². The number of carbonyl (C=O) groups excluding carboxylic acids is 1. The first-order chi connectivity index (χ1) is 13.8. The number of amides is 2. The first-order valence-corrected chi connectivity index (χ1v) is 10.0. The van der Waals surface area contributed by atoms with Gasteiger partial charge >= 0.3 is 6.03 Å². The van der Waals surface area contributed by atoms with Crippen LogP contribution in [0.4, 0.5) is 16.2 Å². The normalized spacial score (nSPS) is 17.3. The van der Waals surface area contributed by atoms with Crippen LogP contribution in [0.1, 0.15) is 5.56 Å². The number of nitrogens with zero attached hydrogens (tertiary/aromatic N) is 3. The Labute approximate surface area is 166 Å². The molecule has 2 aliphatic heterocycles. The first-order valence-electron chi connectivity index (χ1n) is 10.0. The van der Waals surface area contributed by atoms with Crippen LogP contribution in [-0.2, 0) is 11.3 Å². The van der Waals surface area contributed by atoms with E-state index in [4.69, 9.17) is 4.74 Å². The van der Waals surface area contributed by atoms with Crippen molar-refractivity contribution in [1.82, 2.24) is 10.2 Å². The molecule has 2 aliphatic rings. The van der Waals surface area contributed by atoms with Crippen LogP contribution in [0, 0.1) is 0 Å². The molecule has 1 saturated heterocycles. The molecule has 0 radical (unpaired) electrons. The van der Waals surface area contributed by atoms with Gasteiger partial charge in [0, 0.05) is 45.8 Å².